The van der Waals surface area contributed by atoms with E-state index in [4.69, 9.17) is 4.74 Å². The second-order valence-corrected chi connectivity index (χ2v) is 8.86. The van der Waals surface area contributed by atoms with Gasteiger partial charge in [0.05, 0.1) is 18.8 Å². The van der Waals surface area contributed by atoms with Crippen molar-refractivity contribution in [3.05, 3.63) is 29.3 Å². The smallest absolute Gasteiger partial charge is 0.227 e. The first-order valence-electron chi connectivity index (χ1n) is 9.00. The van der Waals surface area contributed by atoms with Gasteiger partial charge in [-0.25, -0.2) is 12.7 Å². The summed E-state index contributed by atoms with van der Waals surface area (Å²) in [6.07, 6.45) is 3.04. The van der Waals surface area contributed by atoms with E-state index in [-0.39, 0.29) is 11.7 Å². The fraction of sp³-hybridized carbons (Fsp3) is 0.611. The number of fused-ring (bicyclic) bond motifs is 1. The van der Waals surface area contributed by atoms with Gasteiger partial charge in [0.2, 0.25) is 15.9 Å². The number of carbonyl (C=O) groups is 1. The highest BCUT2D eigenvalue weighted by molar-refractivity contribution is 7.89. The van der Waals surface area contributed by atoms with Crippen molar-refractivity contribution in [3.63, 3.8) is 0 Å². The molecule has 0 aliphatic carbocycles. The molecule has 1 amide bonds. The van der Waals surface area contributed by atoms with E-state index in [0.29, 0.717) is 39.0 Å². The number of sulfonamides is 1. The second kappa shape index (κ2) is 7.74. The maximum atomic E-state index is 12.6. The molecule has 2 heterocycles. The molecule has 0 N–H and O–H groups in total. The van der Waals surface area contributed by atoms with Crippen LogP contribution in [0.25, 0.3) is 0 Å². The van der Waals surface area contributed by atoms with E-state index >= 15 is 0 Å². The SMILES string of the molecule is CCS(=O)(=O)N1CCCN(C(=O)Cc2ccc3c(c2)CCCO3)CC1. The van der Waals surface area contributed by atoms with Crippen LogP contribution in [-0.4, -0.2) is 62.1 Å². The topological polar surface area (TPSA) is 66.9 Å². The molecule has 1 saturated heterocycles. The lowest BCUT2D eigenvalue weighted by Gasteiger charge is -2.22. The minimum absolute atomic E-state index is 0.0624. The van der Waals surface area contributed by atoms with E-state index in [9.17, 15) is 13.2 Å². The summed E-state index contributed by atoms with van der Waals surface area (Å²) in [6.45, 7) is 4.38. The van der Waals surface area contributed by atoms with Crippen molar-refractivity contribution in [2.45, 2.75) is 32.6 Å². The highest BCUT2D eigenvalue weighted by atomic mass is 32.2. The average molecular weight is 366 g/mol. The van der Waals surface area contributed by atoms with Crippen LogP contribution in [0.4, 0.5) is 0 Å². The van der Waals surface area contributed by atoms with Crippen LogP contribution >= 0.6 is 0 Å². The van der Waals surface area contributed by atoms with Crippen LogP contribution in [0.2, 0.25) is 0 Å². The van der Waals surface area contributed by atoms with Crippen LogP contribution in [0.1, 0.15) is 30.9 Å². The first-order chi connectivity index (χ1) is 12.0. The number of benzene rings is 1. The first kappa shape index (κ1) is 18.2. The Morgan fingerprint density at radius 1 is 1.16 bits per heavy atom. The monoisotopic (exact) mass is 366 g/mol. The molecule has 6 nitrogen and oxygen atoms in total. The largest absolute Gasteiger partial charge is 0.493 e. The minimum Gasteiger partial charge on any atom is -0.493 e. The van der Waals surface area contributed by atoms with Crippen LogP contribution in [0.5, 0.6) is 5.75 Å². The Hall–Kier alpha value is -1.60. The minimum atomic E-state index is -3.18. The molecule has 1 aromatic carbocycles. The van der Waals surface area contributed by atoms with Gasteiger partial charge in [-0.3, -0.25) is 4.79 Å². The standard InChI is InChI=1S/C18H26N2O4S/c1-2-25(22,23)20-9-4-8-19(10-11-20)18(21)14-15-6-7-17-16(13-15)5-3-12-24-17/h6-7,13H,2-5,8-12,14H2,1H3. The van der Waals surface area contributed by atoms with E-state index in [0.717, 1.165) is 30.8 Å². The Morgan fingerprint density at radius 2 is 2.00 bits per heavy atom. The molecule has 0 radical (unpaired) electrons. The van der Waals surface area contributed by atoms with Crippen molar-refractivity contribution in [3.8, 4) is 5.75 Å². The normalized spacial score (nSPS) is 19.0. The molecule has 0 unspecified atom stereocenters. The van der Waals surface area contributed by atoms with Gasteiger partial charge in [0.1, 0.15) is 5.75 Å². The fourth-order valence-corrected chi connectivity index (χ4v) is 4.55. The van der Waals surface area contributed by atoms with E-state index < -0.39 is 10.0 Å². The van der Waals surface area contributed by atoms with Crippen molar-refractivity contribution >= 4 is 15.9 Å². The van der Waals surface area contributed by atoms with Gasteiger partial charge in [-0.1, -0.05) is 12.1 Å². The zero-order valence-corrected chi connectivity index (χ0v) is 15.6. The van der Waals surface area contributed by atoms with Crippen molar-refractivity contribution in [1.82, 2.24) is 9.21 Å². The van der Waals surface area contributed by atoms with Gasteiger partial charge in [-0.05, 0) is 43.4 Å². The van der Waals surface area contributed by atoms with Crippen LogP contribution in [0.15, 0.2) is 18.2 Å². The summed E-state index contributed by atoms with van der Waals surface area (Å²) in [5, 5.41) is 0. The van der Waals surface area contributed by atoms with Gasteiger partial charge in [0.25, 0.3) is 0 Å². The number of amides is 1. The molecule has 7 heteroatoms. The molecule has 3 rings (SSSR count). The molecular formula is C18H26N2O4S. The van der Waals surface area contributed by atoms with Gasteiger partial charge in [0.15, 0.2) is 0 Å². The lowest BCUT2D eigenvalue weighted by molar-refractivity contribution is -0.130. The summed E-state index contributed by atoms with van der Waals surface area (Å²) >= 11 is 0. The zero-order chi connectivity index (χ0) is 17.9. The van der Waals surface area contributed by atoms with Crippen molar-refractivity contribution in [1.29, 1.82) is 0 Å². The third-order valence-corrected chi connectivity index (χ3v) is 6.78. The molecule has 0 aromatic heterocycles. The maximum absolute atomic E-state index is 12.6. The Kier molecular flexibility index (Phi) is 5.64. The van der Waals surface area contributed by atoms with Gasteiger partial charge >= 0.3 is 0 Å². The van der Waals surface area contributed by atoms with Crippen molar-refractivity contribution in [2.75, 3.05) is 38.5 Å². The summed E-state index contributed by atoms with van der Waals surface area (Å²) in [7, 11) is -3.18. The number of carbonyl (C=O) groups excluding carboxylic acids is 1. The summed E-state index contributed by atoms with van der Waals surface area (Å²) in [5.74, 6) is 1.10. The van der Waals surface area contributed by atoms with Crippen molar-refractivity contribution in [2.24, 2.45) is 0 Å². The molecule has 1 aromatic rings. The predicted octanol–water partition coefficient (Wildman–Crippen LogP) is 1.44. The Morgan fingerprint density at radius 3 is 2.80 bits per heavy atom. The molecule has 25 heavy (non-hydrogen) atoms. The third-order valence-electron chi connectivity index (χ3n) is 4.89. The number of rotatable bonds is 4. The molecule has 138 valence electrons. The number of aryl methyl sites for hydroxylation is 1. The van der Waals surface area contributed by atoms with Gasteiger partial charge < -0.3 is 9.64 Å². The molecular weight excluding hydrogens is 340 g/mol. The second-order valence-electron chi connectivity index (χ2n) is 6.60. The summed E-state index contributed by atoms with van der Waals surface area (Å²) in [5.41, 5.74) is 2.17. The number of nitrogens with zero attached hydrogens (tertiary/aromatic N) is 2. The number of hydrogen-bond acceptors (Lipinski definition) is 4. The predicted molar refractivity (Wildman–Crippen MR) is 96.2 cm³/mol. The van der Waals surface area contributed by atoms with Crippen LogP contribution in [0.3, 0.4) is 0 Å². The number of hydrogen-bond donors (Lipinski definition) is 0. The number of ether oxygens (including phenoxy) is 1. The van der Waals surface area contributed by atoms with E-state index in [2.05, 4.69) is 6.07 Å². The van der Waals surface area contributed by atoms with Crippen LogP contribution in [0, 0.1) is 0 Å². The molecule has 0 atom stereocenters. The summed E-state index contributed by atoms with van der Waals surface area (Å²) in [6, 6.07) is 5.97. The van der Waals surface area contributed by atoms with Crippen LogP contribution in [-0.2, 0) is 27.7 Å². The zero-order valence-electron chi connectivity index (χ0n) is 14.7. The lowest BCUT2D eigenvalue weighted by atomic mass is 10.0. The highest BCUT2D eigenvalue weighted by Gasteiger charge is 2.25. The van der Waals surface area contributed by atoms with Crippen molar-refractivity contribution < 1.29 is 17.9 Å². The quantitative estimate of drug-likeness (QED) is 0.809. The fourth-order valence-electron chi connectivity index (χ4n) is 3.41. The van der Waals surface area contributed by atoms with E-state index in [1.165, 1.54) is 9.87 Å². The molecule has 2 aliphatic heterocycles. The van der Waals surface area contributed by atoms with Crippen LogP contribution < -0.4 is 4.74 Å². The Labute approximate surface area is 149 Å². The summed E-state index contributed by atoms with van der Waals surface area (Å²) in [4.78, 5) is 14.4. The maximum Gasteiger partial charge on any atom is 0.227 e. The van der Waals surface area contributed by atoms with Gasteiger partial charge in [0, 0.05) is 26.2 Å². The molecule has 0 bridgehead atoms. The Bertz CT molecular complexity index is 733. The molecule has 0 spiro atoms. The molecule has 0 saturated carbocycles. The van der Waals surface area contributed by atoms with Gasteiger partial charge in [-0.15, -0.1) is 0 Å². The lowest BCUT2D eigenvalue weighted by Crippen LogP contribution is -2.38. The highest BCUT2D eigenvalue weighted by Crippen LogP contribution is 2.26. The third kappa shape index (κ3) is 4.33. The average Bonchev–Trinajstić information content (AvgIpc) is 2.88. The van der Waals surface area contributed by atoms with E-state index in [1.54, 1.807) is 11.8 Å². The van der Waals surface area contributed by atoms with Gasteiger partial charge in [-0.2, -0.15) is 0 Å². The molecule has 2 aliphatic rings. The van der Waals surface area contributed by atoms with E-state index in [1.807, 2.05) is 12.1 Å². The molecule has 1 fully saturated rings. The Balaban J connectivity index is 1.62. The first-order valence-corrected chi connectivity index (χ1v) is 10.6. The summed E-state index contributed by atoms with van der Waals surface area (Å²) < 4.78 is 31.2.